The second-order valence-corrected chi connectivity index (χ2v) is 6.77. The minimum Gasteiger partial charge on any atom is -0.353 e. The molecular weight excluding hydrogens is 276 g/mol. The summed E-state index contributed by atoms with van der Waals surface area (Å²) in [6.07, 6.45) is 0.393. The largest absolute Gasteiger partial charge is 0.353 e. The van der Waals surface area contributed by atoms with E-state index < -0.39 is 16.1 Å². The predicted molar refractivity (Wildman–Crippen MR) is 78.9 cm³/mol. The van der Waals surface area contributed by atoms with Crippen molar-refractivity contribution < 1.29 is 13.2 Å². The van der Waals surface area contributed by atoms with Crippen LogP contribution in [0.25, 0.3) is 0 Å². The Bertz CT molecular complexity index is 550. The fraction of sp³-hybridized carbons (Fsp3) is 0.500. The highest BCUT2D eigenvalue weighted by atomic mass is 32.2. The van der Waals surface area contributed by atoms with Crippen molar-refractivity contribution in [1.82, 2.24) is 10.0 Å². The third-order valence-electron chi connectivity index (χ3n) is 2.78. The van der Waals surface area contributed by atoms with Gasteiger partial charge in [0.1, 0.15) is 6.04 Å². The van der Waals surface area contributed by atoms with Crippen LogP contribution in [0.1, 0.15) is 32.8 Å². The summed E-state index contributed by atoms with van der Waals surface area (Å²) in [5, 5.41) is 2.71. The van der Waals surface area contributed by atoms with Crippen LogP contribution < -0.4 is 10.0 Å². The summed E-state index contributed by atoms with van der Waals surface area (Å²) in [6, 6.07) is 5.73. The molecule has 1 amide bonds. The van der Waals surface area contributed by atoms with E-state index in [0.29, 0.717) is 6.42 Å². The Morgan fingerprint density at radius 1 is 1.20 bits per heavy atom. The molecule has 0 aliphatic carbocycles. The molecule has 20 heavy (non-hydrogen) atoms. The van der Waals surface area contributed by atoms with Gasteiger partial charge in [0.15, 0.2) is 0 Å². The van der Waals surface area contributed by atoms with E-state index in [2.05, 4.69) is 10.0 Å². The maximum absolute atomic E-state index is 12.2. The van der Waals surface area contributed by atoms with Gasteiger partial charge in [0, 0.05) is 6.04 Å². The molecule has 0 radical (unpaired) electrons. The molecule has 0 aliphatic rings. The highest BCUT2D eigenvalue weighted by Crippen LogP contribution is 2.11. The number of hydrogen-bond donors (Lipinski definition) is 2. The van der Waals surface area contributed by atoms with Crippen molar-refractivity contribution in [3.63, 3.8) is 0 Å². The molecule has 0 aliphatic heterocycles. The third kappa shape index (κ3) is 4.61. The highest BCUT2D eigenvalue weighted by molar-refractivity contribution is 7.89. The molecule has 0 spiro atoms. The molecule has 0 aromatic heterocycles. The normalized spacial score (nSPS) is 13.2. The third-order valence-corrected chi connectivity index (χ3v) is 4.27. The van der Waals surface area contributed by atoms with Crippen LogP contribution in [0.4, 0.5) is 0 Å². The summed E-state index contributed by atoms with van der Waals surface area (Å²) in [5.74, 6) is -0.307. The molecule has 6 heteroatoms. The van der Waals surface area contributed by atoms with Crippen molar-refractivity contribution >= 4 is 15.9 Å². The molecule has 1 aromatic rings. The van der Waals surface area contributed by atoms with Crippen molar-refractivity contribution in [3.05, 3.63) is 29.8 Å². The monoisotopic (exact) mass is 298 g/mol. The number of aryl methyl sites for hydroxylation is 1. The molecule has 0 saturated heterocycles. The number of amides is 1. The average molecular weight is 298 g/mol. The summed E-state index contributed by atoms with van der Waals surface area (Å²) in [7, 11) is -3.68. The fourth-order valence-electron chi connectivity index (χ4n) is 1.68. The number of hydrogen-bond acceptors (Lipinski definition) is 3. The number of carbonyl (C=O) groups excluding carboxylic acids is 1. The minimum atomic E-state index is -3.68. The zero-order valence-corrected chi connectivity index (χ0v) is 13.1. The van der Waals surface area contributed by atoms with E-state index in [9.17, 15) is 13.2 Å². The van der Waals surface area contributed by atoms with Crippen LogP contribution in [0, 0.1) is 6.92 Å². The van der Waals surface area contributed by atoms with Crippen molar-refractivity contribution in [1.29, 1.82) is 0 Å². The SMILES string of the molecule is CCC(NS(=O)(=O)c1ccc(C)cc1)C(=O)NC(C)C. The Morgan fingerprint density at radius 2 is 1.75 bits per heavy atom. The Labute approximate surface area is 120 Å². The molecule has 0 bridgehead atoms. The van der Waals surface area contributed by atoms with Gasteiger partial charge in [-0.3, -0.25) is 4.79 Å². The molecule has 0 fully saturated rings. The fourth-order valence-corrected chi connectivity index (χ4v) is 2.96. The van der Waals surface area contributed by atoms with Gasteiger partial charge in [-0.25, -0.2) is 8.42 Å². The summed E-state index contributed by atoms with van der Waals surface area (Å²) in [6.45, 7) is 7.31. The Morgan fingerprint density at radius 3 is 2.20 bits per heavy atom. The van der Waals surface area contributed by atoms with Crippen molar-refractivity contribution in [2.24, 2.45) is 0 Å². The van der Waals surface area contributed by atoms with Crippen LogP contribution in [0.5, 0.6) is 0 Å². The molecule has 1 unspecified atom stereocenters. The quantitative estimate of drug-likeness (QED) is 0.837. The standard InChI is InChI=1S/C14H22N2O3S/c1-5-13(14(17)15-10(2)3)16-20(18,19)12-8-6-11(4)7-9-12/h6-10,13,16H,5H2,1-4H3,(H,15,17). The first-order valence-corrected chi connectivity index (χ1v) is 8.14. The molecule has 0 saturated carbocycles. The van der Waals surface area contributed by atoms with Crippen LogP contribution in [0.3, 0.4) is 0 Å². The van der Waals surface area contributed by atoms with Crippen molar-refractivity contribution in [3.8, 4) is 0 Å². The zero-order valence-electron chi connectivity index (χ0n) is 12.3. The van der Waals surface area contributed by atoms with E-state index in [0.717, 1.165) is 5.56 Å². The van der Waals surface area contributed by atoms with Crippen LogP contribution in [0.2, 0.25) is 0 Å². The number of sulfonamides is 1. The average Bonchev–Trinajstić information content (AvgIpc) is 2.35. The lowest BCUT2D eigenvalue weighted by molar-refractivity contribution is -0.123. The highest BCUT2D eigenvalue weighted by Gasteiger charge is 2.24. The van der Waals surface area contributed by atoms with Gasteiger partial charge in [0.25, 0.3) is 0 Å². The molecule has 2 N–H and O–H groups in total. The first-order valence-electron chi connectivity index (χ1n) is 6.65. The number of benzene rings is 1. The van der Waals surface area contributed by atoms with Crippen LogP contribution in [-0.4, -0.2) is 26.4 Å². The molecule has 5 nitrogen and oxygen atoms in total. The van der Waals surface area contributed by atoms with Crippen molar-refractivity contribution in [2.45, 2.75) is 51.1 Å². The lowest BCUT2D eigenvalue weighted by Crippen LogP contribution is -2.48. The van der Waals surface area contributed by atoms with Crippen LogP contribution in [0.15, 0.2) is 29.2 Å². The molecular formula is C14H22N2O3S. The molecule has 0 heterocycles. The van der Waals surface area contributed by atoms with Crippen molar-refractivity contribution in [2.75, 3.05) is 0 Å². The van der Waals surface area contributed by atoms with Gasteiger partial charge in [0.2, 0.25) is 15.9 Å². The van der Waals surface area contributed by atoms with Crippen LogP contribution >= 0.6 is 0 Å². The first-order chi connectivity index (χ1) is 9.26. The van der Waals surface area contributed by atoms with E-state index >= 15 is 0 Å². The Kier molecular flexibility index (Phi) is 5.71. The minimum absolute atomic E-state index is 0.0274. The second kappa shape index (κ2) is 6.85. The van der Waals surface area contributed by atoms with E-state index in [-0.39, 0.29) is 16.8 Å². The number of rotatable bonds is 6. The second-order valence-electron chi connectivity index (χ2n) is 5.06. The van der Waals surface area contributed by atoms with Gasteiger partial charge < -0.3 is 5.32 Å². The van der Waals surface area contributed by atoms with E-state index in [1.165, 1.54) is 12.1 Å². The number of carbonyl (C=O) groups is 1. The van der Waals surface area contributed by atoms with Gasteiger partial charge in [-0.05, 0) is 39.3 Å². The Balaban J connectivity index is 2.88. The van der Waals surface area contributed by atoms with E-state index in [4.69, 9.17) is 0 Å². The topological polar surface area (TPSA) is 75.3 Å². The maximum Gasteiger partial charge on any atom is 0.241 e. The number of nitrogens with one attached hydrogen (secondary N) is 2. The van der Waals surface area contributed by atoms with Gasteiger partial charge in [-0.1, -0.05) is 24.6 Å². The molecule has 1 rings (SSSR count). The Hall–Kier alpha value is -1.40. The van der Waals surface area contributed by atoms with Gasteiger partial charge >= 0.3 is 0 Å². The van der Waals surface area contributed by atoms with Gasteiger partial charge in [0.05, 0.1) is 4.90 Å². The first kappa shape index (κ1) is 16.7. The van der Waals surface area contributed by atoms with Gasteiger partial charge in [-0.15, -0.1) is 0 Å². The lowest BCUT2D eigenvalue weighted by atomic mass is 10.2. The summed E-state index contributed by atoms with van der Waals surface area (Å²) >= 11 is 0. The molecule has 1 aromatic carbocycles. The summed E-state index contributed by atoms with van der Waals surface area (Å²) in [4.78, 5) is 12.1. The molecule has 112 valence electrons. The summed E-state index contributed by atoms with van der Waals surface area (Å²) in [5.41, 5.74) is 0.980. The lowest BCUT2D eigenvalue weighted by Gasteiger charge is -2.18. The summed E-state index contributed by atoms with van der Waals surface area (Å²) < 4.78 is 26.9. The zero-order chi connectivity index (χ0) is 15.3. The predicted octanol–water partition coefficient (Wildman–Crippen LogP) is 1.58. The smallest absolute Gasteiger partial charge is 0.241 e. The van der Waals surface area contributed by atoms with Crippen LogP contribution in [-0.2, 0) is 14.8 Å². The van der Waals surface area contributed by atoms with Gasteiger partial charge in [-0.2, -0.15) is 4.72 Å². The molecule has 1 atom stereocenters. The van der Waals surface area contributed by atoms with E-state index in [1.54, 1.807) is 19.1 Å². The van der Waals surface area contributed by atoms with E-state index in [1.807, 2.05) is 20.8 Å². The maximum atomic E-state index is 12.2.